The molecule has 2 saturated heterocycles. The molecule has 1 N–H and O–H groups in total. The largest absolute Gasteiger partial charge is 0.445 e. The molecule has 0 aromatic heterocycles. The van der Waals surface area contributed by atoms with E-state index in [0.717, 1.165) is 62.8 Å². The second kappa shape index (κ2) is 9.62. The van der Waals surface area contributed by atoms with Crippen LogP contribution >= 0.6 is 0 Å². The maximum absolute atomic E-state index is 13.6. The molecule has 7 nitrogen and oxygen atoms in total. The van der Waals surface area contributed by atoms with Crippen LogP contribution in [0.2, 0.25) is 0 Å². The van der Waals surface area contributed by atoms with Gasteiger partial charge >= 0.3 is 6.09 Å². The molecule has 2 heterocycles. The Balaban J connectivity index is 1.21. The van der Waals surface area contributed by atoms with Crippen LogP contribution in [0.5, 0.6) is 0 Å². The van der Waals surface area contributed by atoms with Crippen LogP contribution in [-0.2, 0) is 20.9 Å². The lowest BCUT2D eigenvalue weighted by Crippen LogP contribution is -2.61. The molecule has 210 valence electrons. The highest BCUT2D eigenvalue weighted by Crippen LogP contribution is 2.65. The minimum absolute atomic E-state index is 0.0193. The highest BCUT2D eigenvalue weighted by atomic mass is 16.6. The highest BCUT2D eigenvalue weighted by Gasteiger charge is 2.67. The van der Waals surface area contributed by atoms with E-state index in [1.807, 2.05) is 47.2 Å². The van der Waals surface area contributed by atoms with E-state index in [4.69, 9.17) is 9.47 Å². The molecule has 7 rings (SSSR count). The standard InChI is InChI=1S/C32H42N2O5/c1-19-11-12-23-25(34(19)31(36)39-18-20-7-4-3-5-8-20)15-21-17-32(23,37)24-16-26(33-14-13-28(33)35)30-22(29(21)24)9-6-10-27(30)38-2/h3-5,7-8,16,19,21-25,27,29-30,37H,6,9-15,17-18H2,1-2H3/t19-,21-,22-,23+,24+,25+,27-,29-,30+,32+/m0/s1. The molecule has 6 aliphatic rings. The molecule has 3 saturated carbocycles. The molecule has 1 aromatic rings. The van der Waals surface area contributed by atoms with Gasteiger partial charge in [0.15, 0.2) is 0 Å². The van der Waals surface area contributed by atoms with Crippen LogP contribution in [0.15, 0.2) is 42.1 Å². The minimum atomic E-state index is -0.861. The summed E-state index contributed by atoms with van der Waals surface area (Å²) in [6.45, 7) is 3.16. The van der Waals surface area contributed by atoms with E-state index in [9.17, 15) is 14.7 Å². The Morgan fingerprint density at radius 3 is 2.69 bits per heavy atom. The number of methoxy groups -OCH3 is 1. The van der Waals surface area contributed by atoms with Gasteiger partial charge in [-0.1, -0.05) is 42.8 Å². The molecule has 7 heteroatoms. The summed E-state index contributed by atoms with van der Waals surface area (Å²) in [4.78, 5) is 30.2. The lowest BCUT2D eigenvalue weighted by atomic mass is 9.60. The number of hydrogen-bond donors (Lipinski definition) is 1. The number of rotatable bonds is 4. The Labute approximate surface area is 231 Å². The first-order chi connectivity index (χ1) is 18.9. The monoisotopic (exact) mass is 534 g/mol. The lowest BCUT2D eigenvalue weighted by Gasteiger charge is -2.53. The average Bonchev–Trinajstić information content (AvgIpc) is 3.17. The van der Waals surface area contributed by atoms with Gasteiger partial charge in [-0.25, -0.2) is 4.79 Å². The summed E-state index contributed by atoms with van der Waals surface area (Å²) in [5.41, 5.74) is 1.24. The van der Waals surface area contributed by atoms with Crippen molar-refractivity contribution in [2.45, 2.75) is 88.7 Å². The van der Waals surface area contributed by atoms with Gasteiger partial charge in [-0.3, -0.25) is 4.79 Å². The summed E-state index contributed by atoms with van der Waals surface area (Å²) < 4.78 is 11.9. The van der Waals surface area contributed by atoms with Crippen molar-refractivity contribution in [2.24, 2.45) is 35.5 Å². The number of benzene rings is 1. The molecule has 0 spiro atoms. The molecule has 2 bridgehead atoms. The van der Waals surface area contributed by atoms with Gasteiger partial charge in [0.1, 0.15) is 6.61 Å². The fourth-order valence-electron chi connectivity index (χ4n) is 9.83. The van der Waals surface area contributed by atoms with Crippen molar-refractivity contribution in [3.05, 3.63) is 47.7 Å². The van der Waals surface area contributed by atoms with Gasteiger partial charge in [0.25, 0.3) is 0 Å². The SMILES string of the molecule is CO[C@H]1CCC[C@@H]2[C@@H]1C(N1CCC1=O)=C[C@@H]1[C@H]2[C@H]2C[C@@H]3[C@@H](CC[C@H](C)N3C(=O)OCc3ccccc3)[C@]1(O)C2. The zero-order valence-electron chi connectivity index (χ0n) is 23.2. The van der Waals surface area contributed by atoms with Gasteiger partial charge in [0, 0.05) is 55.6 Å². The third-order valence-corrected chi connectivity index (χ3v) is 11.5. The molecule has 10 atom stereocenters. The average molecular weight is 535 g/mol. The number of β-lactam (4-membered cyclic amide) rings is 1. The van der Waals surface area contributed by atoms with Gasteiger partial charge in [-0.15, -0.1) is 0 Å². The topological polar surface area (TPSA) is 79.3 Å². The first-order valence-corrected chi connectivity index (χ1v) is 15.2. The van der Waals surface area contributed by atoms with Crippen LogP contribution < -0.4 is 0 Å². The van der Waals surface area contributed by atoms with Crippen molar-refractivity contribution < 1.29 is 24.2 Å². The van der Waals surface area contributed by atoms with Gasteiger partial charge in [-0.05, 0) is 68.8 Å². The Bertz CT molecular complexity index is 1150. The van der Waals surface area contributed by atoms with Crippen molar-refractivity contribution in [2.75, 3.05) is 13.7 Å². The summed E-state index contributed by atoms with van der Waals surface area (Å²) in [7, 11) is 1.81. The van der Waals surface area contributed by atoms with E-state index in [2.05, 4.69) is 13.0 Å². The number of piperidine rings is 1. The zero-order valence-corrected chi connectivity index (χ0v) is 23.2. The van der Waals surface area contributed by atoms with Crippen LogP contribution in [-0.4, -0.2) is 64.4 Å². The summed E-state index contributed by atoms with van der Waals surface area (Å²) >= 11 is 0. The number of ether oxygens (including phenoxy) is 2. The fourth-order valence-corrected chi connectivity index (χ4v) is 9.83. The van der Waals surface area contributed by atoms with Crippen LogP contribution in [0.4, 0.5) is 4.79 Å². The molecule has 4 aliphatic carbocycles. The number of hydrogen-bond acceptors (Lipinski definition) is 5. The molecule has 0 unspecified atom stereocenters. The molecule has 0 radical (unpaired) electrons. The Morgan fingerprint density at radius 2 is 1.97 bits per heavy atom. The minimum Gasteiger partial charge on any atom is -0.445 e. The predicted octanol–water partition coefficient (Wildman–Crippen LogP) is 4.74. The Hall–Kier alpha value is -2.38. The zero-order chi connectivity index (χ0) is 26.9. The van der Waals surface area contributed by atoms with Crippen LogP contribution in [0.3, 0.4) is 0 Å². The predicted molar refractivity (Wildman–Crippen MR) is 145 cm³/mol. The lowest BCUT2D eigenvalue weighted by molar-refractivity contribution is -0.140. The number of carbonyl (C=O) groups is 2. The first kappa shape index (κ1) is 25.6. The van der Waals surface area contributed by atoms with Gasteiger partial charge in [0.2, 0.25) is 5.91 Å². The molecule has 39 heavy (non-hydrogen) atoms. The Morgan fingerprint density at radius 1 is 1.15 bits per heavy atom. The number of nitrogens with zero attached hydrogens (tertiary/aromatic N) is 2. The number of aliphatic hydroxyl groups is 1. The van der Waals surface area contributed by atoms with Gasteiger partial charge < -0.3 is 24.4 Å². The maximum atomic E-state index is 13.6. The first-order valence-electron chi connectivity index (χ1n) is 15.2. The van der Waals surface area contributed by atoms with E-state index in [1.54, 1.807) is 0 Å². The quantitative estimate of drug-likeness (QED) is 0.565. The van der Waals surface area contributed by atoms with Gasteiger partial charge in [-0.2, -0.15) is 0 Å². The van der Waals surface area contributed by atoms with E-state index in [1.165, 1.54) is 0 Å². The van der Waals surface area contributed by atoms with Crippen molar-refractivity contribution in [3.8, 4) is 0 Å². The van der Waals surface area contributed by atoms with Crippen molar-refractivity contribution in [1.29, 1.82) is 0 Å². The van der Waals surface area contributed by atoms with Crippen LogP contribution in [0.1, 0.15) is 63.9 Å². The second-order valence-corrected chi connectivity index (χ2v) is 13.1. The fraction of sp³-hybridized carbons (Fsp3) is 0.688. The second-order valence-electron chi connectivity index (χ2n) is 13.1. The van der Waals surface area contributed by atoms with Crippen LogP contribution in [0.25, 0.3) is 0 Å². The molecule has 1 aromatic carbocycles. The molecule has 2 amide bonds. The smallest absolute Gasteiger partial charge is 0.410 e. The summed E-state index contributed by atoms with van der Waals surface area (Å²) in [6, 6.07) is 9.90. The highest BCUT2D eigenvalue weighted by molar-refractivity contribution is 5.83. The third kappa shape index (κ3) is 3.90. The van der Waals surface area contributed by atoms with E-state index >= 15 is 0 Å². The van der Waals surface area contributed by atoms with E-state index in [0.29, 0.717) is 24.2 Å². The summed E-state index contributed by atoms with van der Waals surface area (Å²) in [5, 5.41) is 12.6. The van der Waals surface area contributed by atoms with Crippen molar-refractivity contribution in [1.82, 2.24) is 9.80 Å². The number of carbonyl (C=O) groups excluding carboxylic acids is 2. The number of amides is 2. The summed E-state index contributed by atoms with van der Waals surface area (Å²) in [6.07, 6.45) is 9.53. The molecule has 5 fully saturated rings. The van der Waals surface area contributed by atoms with Gasteiger partial charge in [0.05, 0.1) is 11.7 Å². The van der Waals surface area contributed by atoms with Crippen molar-refractivity contribution >= 4 is 12.0 Å². The normalized spacial score (nSPS) is 42.6. The molecular weight excluding hydrogens is 492 g/mol. The Kier molecular flexibility index (Phi) is 6.31. The molecule has 2 aliphatic heterocycles. The van der Waals surface area contributed by atoms with Crippen molar-refractivity contribution in [3.63, 3.8) is 0 Å². The third-order valence-electron chi connectivity index (χ3n) is 11.5. The number of likely N-dealkylation sites (tertiary alicyclic amines) is 2. The van der Waals surface area contributed by atoms with E-state index < -0.39 is 5.60 Å². The van der Waals surface area contributed by atoms with E-state index in [-0.39, 0.29) is 54.5 Å². The number of fused-ring (bicyclic) bond motifs is 9. The maximum Gasteiger partial charge on any atom is 0.410 e. The molecular formula is C32H42N2O5. The summed E-state index contributed by atoms with van der Waals surface area (Å²) in [5.74, 6) is 1.57. The van der Waals surface area contributed by atoms with Crippen LogP contribution in [0, 0.1) is 35.5 Å².